The summed E-state index contributed by atoms with van der Waals surface area (Å²) in [4.78, 5) is 9.32. The van der Waals surface area contributed by atoms with E-state index >= 15 is 0 Å². The minimum Gasteiger partial charge on any atom is -0.391 e. The smallest absolute Gasteiger partial charge is 0.143 e. The zero-order valence-electron chi connectivity index (χ0n) is 9.30. The third-order valence-electron chi connectivity index (χ3n) is 2.76. The van der Waals surface area contributed by atoms with Crippen molar-refractivity contribution in [2.24, 2.45) is 10.9 Å². The Hall–Kier alpha value is -1.42. The van der Waals surface area contributed by atoms with Gasteiger partial charge in [0.15, 0.2) is 0 Å². The number of oxime groups is 1. The molecule has 16 heavy (non-hydrogen) atoms. The Morgan fingerprint density at radius 1 is 1.44 bits per heavy atom. The number of hydrogen-bond acceptors (Lipinski definition) is 4. The van der Waals surface area contributed by atoms with Gasteiger partial charge in [-0.15, -0.1) is 0 Å². The van der Waals surface area contributed by atoms with Gasteiger partial charge in [0.05, 0.1) is 5.71 Å². The number of hydrogen-bond donors (Lipinski definition) is 1. The summed E-state index contributed by atoms with van der Waals surface area (Å²) in [6, 6.07) is 4.22. The molecule has 4 heteroatoms. The van der Waals surface area contributed by atoms with Crippen molar-refractivity contribution in [3.05, 3.63) is 30.1 Å². The fourth-order valence-electron chi connectivity index (χ4n) is 1.75. The second kappa shape index (κ2) is 5.61. The molecule has 1 heterocycles. The number of nitrogens with two attached hydrogens (primary N) is 1. The number of rotatable bonds is 3. The number of aromatic nitrogens is 1. The van der Waals surface area contributed by atoms with E-state index in [1.165, 1.54) is 0 Å². The van der Waals surface area contributed by atoms with Crippen LogP contribution in [-0.2, 0) is 11.4 Å². The maximum atomic E-state index is 5.81. The molecule has 1 aliphatic carbocycles. The van der Waals surface area contributed by atoms with Crippen LogP contribution >= 0.6 is 0 Å². The molecule has 0 saturated heterocycles. The summed E-state index contributed by atoms with van der Waals surface area (Å²) in [6.45, 7) is 0.489. The molecular formula is C12H17N3O. The van der Waals surface area contributed by atoms with E-state index < -0.39 is 0 Å². The monoisotopic (exact) mass is 219 g/mol. The Morgan fingerprint density at radius 3 is 2.94 bits per heavy atom. The quantitative estimate of drug-likeness (QED) is 0.789. The van der Waals surface area contributed by atoms with E-state index in [1.807, 2.05) is 12.1 Å². The van der Waals surface area contributed by atoms with E-state index in [2.05, 4.69) is 10.1 Å². The van der Waals surface area contributed by atoms with Gasteiger partial charge in [0, 0.05) is 24.0 Å². The van der Waals surface area contributed by atoms with Gasteiger partial charge in [-0.1, -0.05) is 11.2 Å². The molecule has 4 nitrogen and oxygen atoms in total. The lowest BCUT2D eigenvalue weighted by Crippen LogP contribution is -2.26. The molecule has 1 aliphatic rings. The van der Waals surface area contributed by atoms with Gasteiger partial charge in [-0.25, -0.2) is 0 Å². The van der Waals surface area contributed by atoms with Crippen molar-refractivity contribution >= 4 is 5.71 Å². The molecule has 0 aromatic carbocycles. The summed E-state index contributed by atoms with van der Waals surface area (Å²) in [5.41, 5.74) is 7.98. The van der Waals surface area contributed by atoms with Crippen molar-refractivity contribution in [2.75, 3.05) is 0 Å². The number of nitrogens with zero attached hydrogens (tertiary/aromatic N) is 2. The fraction of sp³-hybridized carbons (Fsp3) is 0.500. The second-order valence-corrected chi connectivity index (χ2v) is 4.13. The van der Waals surface area contributed by atoms with Crippen LogP contribution in [0.3, 0.4) is 0 Å². The maximum absolute atomic E-state index is 5.81. The molecule has 0 amide bonds. The highest BCUT2D eigenvalue weighted by atomic mass is 16.6. The highest BCUT2D eigenvalue weighted by Gasteiger charge is 2.13. The molecule has 0 bridgehead atoms. The zero-order chi connectivity index (χ0) is 11.2. The average molecular weight is 219 g/mol. The van der Waals surface area contributed by atoms with Crippen LogP contribution in [0.4, 0.5) is 0 Å². The van der Waals surface area contributed by atoms with Gasteiger partial charge < -0.3 is 10.6 Å². The van der Waals surface area contributed by atoms with Crippen molar-refractivity contribution in [3.63, 3.8) is 0 Å². The maximum Gasteiger partial charge on any atom is 0.143 e. The minimum absolute atomic E-state index is 0.345. The van der Waals surface area contributed by atoms with E-state index in [-0.39, 0.29) is 0 Å². The van der Waals surface area contributed by atoms with E-state index in [0.29, 0.717) is 12.6 Å². The molecule has 1 aromatic heterocycles. The van der Waals surface area contributed by atoms with Gasteiger partial charge in [-0.2, -0.15) is 0 Å². The van der Waals surface area contributed by atoms with Crippen LogP contribution in [0.5, 0.6) is 0 Å². The van der Waals surface area contributed by atoms with Crippen LogP contribution in [-0.4, -0.2) is 16.7 Å². The summed E-state index contributed by atoms with van der Waals surface area (Å²) in [7, 11) is 0. The van der Waals surface area contributed by atoms with Crippen LogP contribution in [0.2, 0.25) is 0 Å². The first kappa shape index (κ1) is 11.1. The Bertz CT molecular complexity index is 341. The van der Waals surface area contributed by atoms with Crippen molar-refractivity contribution in [1.29, 1.82) is 0 Å². The van der Waals surface area contributed by atoms with Crippen LogP contribution < -0.4 is 5.73 Å². The highest BCUT2D eigenvalue weighted by molar-refractivity contribution is 5.84. The predicted octanol–water partition coefficient (Wildman–Crippen LogP) is 1.86. The van der Waals surface area contributed by atoms with Crippen molar-refractivity contribution < 1.29 is 4.84 Å². The van der Waals surface area contributed by atoms with Gasteiger partial charge in [-0.05, 0) is 31.7 Å². The summed E-state index contributed by atoms with van der Waals surface area (Å²) in [5, 5.41) is 4.15. The first-order valence-electron chi connectivity index (χ1n) is 5.67. The lowest BCUT2D eigenvalue weighted by atomic mass is 9.95. The normalized spacial score (nSPS) is 20.6. The predicted molar refractivity (Wildman–Crippen MR) is 62.9 cm³/mol. The standard InChI is InChI=1S/C12H17N3O/c13-11-3-5-12(6-4-11)15-16-9-10-2-1-7-14-8-10/h1-2,7-8,11H,3-6,9,13H2. The van der Waals surface area contributed by atoms with Gasteiger partial charge >= 0.3 is 0 Å². The first-order chi connectivity index (χ1) is 7.84. The fourth-order valence-corrected chi connectivity index (χ4v) is 1.75. The van der Waals surface area contributed by atoms with E-state index in [9.17, 15) is 0 Å². The zero-order valence-corrected chi connectivity index (χ0v) is 9.30. The summed E-state index contributed by atoms with van der Waals surface area (Å²) >= 11 is 0. The largest absolute Gasteiger partial charge is 0.391 e. The van der Waals surface area contributed by atoms with Crippen LogP contribution in [0.1, 0.15) is 31.2 Å². The van der Waals surface area contributed by atoms with Crippen LogP contribution in [0, 0.1) is 0 Å². The highest BCUT2D eigenvalue weighted by Crippen LogP contribution is 2.14. The van der Waals surface area contributed by atoms with Crippen LogP contribution in [0.15, 0.2) is 29.7 Å². The van der Waals surface area contributed by atoms with Crippen molar-refractivity contribution in [3.8, 4) is 0 Å². The average Bonchev–Trinajstić information content (AvgIpc) is 2.33. The van der Waals surface area contributed by atoms with Crippen LogP contribution in [0.25, 0.3) is 0 Å². The number of pyridine rings is 1. The molecule has 0 spiro atoms. The molecule has 86 valence electrons. The first-order valence-corrected chi connectivity index (χ1v) is 5.67. The molecule has 0 atom stereocenters. The topological polar surface area (TPSA) is 60.5 Å². The molecule has 2 N–H and O–H groups in total. The Balaban J connectivity index is 1.77. The van der Waals surface area contributed by atoms with E-state index in [1.54, 1.807) is 12.4 Å². The van der Waals surface area contributed by atoms with E-state index in [0.717, 1.165) is 37.0 Å². The van der Waals surface area contributed by atoms with Gasteiger partial charge in [-0.3, -0.25) is 4.98 Å². The lowest BCUT2D eigenvalue weighted by Gasteiger charge is -2.18. The third-order valence-corrected chi connectivity index (χ3v) is 2.76. The molecule has 1 fully saturated rings. The Kier molecular flexibility index (Phi) is 3.88. The minimum atomic E-state index is 0.345. The molecular weight excluding hydrogens is 202 g/mol. The lowest BCUT2D eigenvalue weighted by molar-refractivity contribution is 0.128. The van der Waals surface area contributed by atoms with E-state index in [4.69, 9.17) is 10.6 Å². The SMILES string of the molecule is NC1CCC(=NOCc2cccnc2)CC1. The van der Waals surface area contributed by atoms with Gasteiger partial charge in [0.1, 0.15) is 6.61 Å². The summed E-state index contributed by atoms with van der Waals surface area (Å²) in [5.74, 6) is 0. The molecule has 0 radical (unpaired) electrons. The summed E-state index contributed by atoms with van der Waals surface area (Å²) < 4.78 is 0. The van der Waals surface area contributed by atoms with Crippen molar-refractivity contribution in [1.82, 2.24) is 4.98 Å². The molecule has 0 aliphatic heterocycles. The molecule has 1 saturated carbocycles. The van der Waals surface area contributed by atoms with Crippen molar-refractivity contribution in [2.45, 2.75) is 38.3 Å². The van der Waals surface area contributed by atoms with Gasteiger partial charge in [0.2, 0.25) is 0 Å². The van der Waals surface area contributed by atoms with Gasteiger partial charge in [0.25, 0.3) is 0 Å². The Labute approximate surface area is 95.5 Å². The molecule has 1 aromatic rings. The second-order valence-electron chi connectivity index (χ2n) is 4.13. The molecule has 2 rings (SSSR count). The summed E-state index contributed by atoms with van der Waals surface area (Å²) in [6.07, 6.45) is 7.52. The Morgan fingerprint density at radius 2 is 2.25 bits per heavy atom. The third kappa shape index (κ3) is 3.31. The molecule has 0 unspecified atom stereocenters.